The maximum atomic E-state index is 12.6. The largest absolute Gasteiger partial charge is 0.301 e. The van der Waals surface area contributed by atoms with Gasteiger partial charge in [-0.2, -0.15) is 5.10 Å². The van der Waals surface area contributed by atoms with Gasteiger partial charge in [-0.05, 0) is 31.2 Å². The summed E-state index contributed by atoms with van der Waals surface area (Å²) in [5.74, 6) is 0. The Hall–Kier alpha value is -3.99. The summed E-state index contributed by atoms with van der Waals surface area (Å²) in [5, 5.41) is 29.2. The third-order valence-electron chi connectivity index (χ3n) is 3.95. The molecule has 1 aromatic heterocycles. The summed E-state index contributed by atoms with van der Waals surface area (Å²) in [6, 6.07) is 9.78. The number of nitro groups is 2. The molecule has 12 heteroatoms. The standard InChI is InChI=1S/C17H13ClN6O5/c1-10-14(17(25)22(21-10)12-4-2-3-11(18)7-12)9-19-20-15-6-5-13(23(26)27)8-16(15)24(28)29/h2-9,20-21H,1H3. The van der Waals surface area contributed by atoms with Crippen molar-refractivity contribution in [3.8, 4) is 5.69 Å². The molecule has 0 unspecified atom stereocenters. The van der Waals surface area contributed by atoms with Crippen LogP contribution in [0.15, 0.2) is 52.4 Å². The summed E-state index contributed by atoms with van der Waals surface area (Å²) < 4.78 is 1.29. The molecule has 3 rings (SSSR count). The molecule has 0 bridgehead atoms. The fourth-order valence-corrected chi connectivity index (χ4v) is 2.74. The molecule has 2 N–H and O–H groups in total. The monoisotopic (exact) mass is 416 g/mol. The van der Waals surface area contributed by atoms with Crippen molar-refractivity contribution in [3.05, 3.63) is 89.3 Å². The van der Waals surface area contributed by atoms with Crippen molar-refractivity contribution in [2.45, 2.75) is 6.92 Å². The molecule has 29 heavy (non-hydrogen) atoms. The van der Waals surface area contributed by atoms with Crippen LogP contribution in [-0.2, 0) is 0 Å². The normalized spacial score (nSPS) is 11.0. The van der Waals surface area contributed by atoms with Crippen LogP contribution in [0.4, 0.5) is 17.1 Å². The van der Waals surface area contributed by atoms with E-state index in [2.05, 4.69) is 15.6 Å². The van der Waals surface area contributed by atoms with Crippen LogP contribution >= 0.6 is 11.6 Å². The number of aryl methyl sites for hydroxylation is 1. The summed E-state index contributed by atoms with van der Waals surface area (Å²) in [4.78, 5) is 33.1. The molecule has 3 aromatic rings. The van der Waals surface area contributed by atoms with Gasteiger partial charge in [-0.15, -0.1) is 0 Å². The number of hydrazone groups is 1. The first kappa shape index (κ1) is 19.8. The lowest BCUT2D eigenvalue weighted by atomic mass is 10.2. The number of aromatic amines is 1. The molecule has 0 fully saturated rings. The average molecular weight is 417 g/mol. The van der Waals surface area contributed by atoms with Gasteiger partial charge < -0.3 is 0 Å². The minimum Gasteiger partial charge on any atom is -0.295 e. The molecule has 0 saturated carbocycles. The van der Waals surface area contributed by atoms with E-state index < -0.39 is 26.8 Å². The lowest BCUT2D eigenvalue weighted by molar-refractivity contribution is -0.393. The second kappa shape index (κ2) is 7.94. The highest BCUT2D eigenvalue weighted by molar-refractivity contribution is 6.30. The average Bonchev–Trinajstić information content (AvgIpc) is 2.96. The SMILES string of the molecule is Cc1[nH]n(-c2cccc(Cl)c2)c(=O)c1C=NNc1ccc([N+](=O)[O-])cc1[N+](=O)[O-]. The highest BCUT2D eigenvalue weighted by atomic mass is 35.5. The first-order valence-electron chi connectivity index (χ1n) is 8.07. The minimum atomic E-state index is -0.765. The lowest BCUT2D eigenvalue weighted by Gasteiger charge is -2.01. The summed E-state index contributed by atoms with van der Waals surface area (Å²) in [7, 11) is 0. The molecule has 11 nitrogen and oxygen atoms in total. The molecule has 0 aliphatic heterocycles. The summed E-state index contributed by atoms with van der Waals surface area (Å²) in [6.45, 7) is 1.66. The second-order valence-electron chi connectivity index (χ2n) is 5.86. The zero-order chi connectivity index (χ0) is 21.1. The van der Waals surface area contributed by atoms with Gasteiger partial charge in [-0.1, -0.05) is 17.7 Å². The Morgan fingerprint density at radius 3 is 2.59 bits per heavy atom. The minimum absolute atomic E-state index is 0.0554. The number of benzene rings is 2. The Bertz CT molecular complexity index is 1200. The summed E-state index contributed by atoms with van der Waals surface area (Å²) >= 11 is 5.95. The summed E-state index contributed by atoms with van der Waals surface area (Å²) in [5.41, 5.74) is 2.33. The van der Waals surface area contributed by atoms with Crippen molar-refractivity contribution < 1.29 is 9.85 Å². The highest BCUT2D eigenvalue weighted by Crippen LogP contribution is 2.28. The number of H-pyrrole nitrogens is 1. The van der Waals surface area contributed by atoms with E-state index in [4.69, 9.17) is 11.6 Å². The van der Waals surface area contributed by atoms with E-state index in [1.165, 1.54) is 17.0 Å². The van der Waals surface area contributed by atoms with E-state index in [0.717, 1.165) is 12.1 Å². The first-order valence-corrected chi connectivity index (χ1v) is 8.45. The van der Waals surface area contributed by atoms with Crippen molar-refractivity contribution in [2.24, 2.45) is 5.10 Å². The maximum Gasteiger partial charge on any atom is 0.301 e. The number of aromatic nitrogens is 2. The van der Waals surface area contributed by atoms with Gasteiger partial charge in [0.15, 0.2) is 0 Å². The van der Waals surface area contributed by atoms with Gasteiger partial charge in [0, 0.05) is 16.8 Å². The number of non-ortho nitro benzene ring substituents is 1. The molecule has 0 spiro atoms. The molecule has 1 heterocycles. The molecular formula is C17H13ClN6O5. The van der Waals surface area contributed by atoms with E-state index in [1.807, 2.05) is 0 Å². The van der Waals surface area contributed by atoms with E-state index in [0.29, 0.717) is 16.4 Å². The van der Waals surface area contributed by atoms with Gasteiger partial charge in [0.2, 0.25) is 0 Å². The van der Waals surface area contributed by atoms with Gasteiger partial charge in [0.25, 0.3) is 11.2 Å². The number of hydrogen-bond acceptors (Lipinski definition) is 7. The Labute approximate surface area is 167 Å². The van der Waals surface area contributed by atoms with Crippen molar-refractivity contribution in [2.75, 3.05) is 5.43 Å². The third kappa shape index (κ3) is 4.14. The molecule has 0 aliphatic rings. The maximum absolute atomic E-state index is 12.6. The molecule has 148 valence electrons. The van der Waals surface area contributed by atoms with Crippen LogP contribution in [-0.4, -0.2) is 25.8 Å². The first-order chi connectivity index (χ1) is 13.8. The zero-order valence-electron chi connectivity index (χ0n) is 14.8. The highest BCUT2D eigenvalue weighted by Gasteiger charge is 2.19. The van der Waals surface area contributed by atoms with Gasteiger partial charge >= 0.3 is 5.69 Å². The molecule has 0 saturated heterocycles. The quantitative estimate of drug-likeness (QED) is 0.357. The van der Waals surface area contributed by atoms with Crippen molar-refractivity contribution in [1.82, 2.24) is 9.78 Å². The molecule has 0 radical (unpaired) electrons. The fourth-order valence-electron chi connectivity index (χ4n) is 2.55. The van der Waals surface area contributed by atoms with Gasteiger partial charge in [-0.3, -0.25) is 35.5 Å². The predicted molar refractivity (Wildman–Crippen MR) is 107 cm³/mol. The van der Waals surface area contributed by atoms with Crippen LogP contribution in [0.3, 0.4) is 0 Å². The molecular weight excluding hydrogens is 404 g/mol. The van der Waals surface area contributed by atoms with Crippen LogP contribution < -0.4 is 11.0 Å². The Morgan fingerprint density at radius 1 is 1.17 bits per heavy atom. The van der Waals surface area contributed by atoms with Gasteiger partial charge in [0.05, 0.1) is 33.4 Å². The van der Waals surface area contributed by atoms with Crippen LogP contribution in [0.25, 0.3) is 5.69 Å². The number of hydrogen-bond donors (Lipinski definition) is 2. The van der Waals surface area contributed by atoms with Crippen LogP contribution in [0.1, 0.15) is 11.3 Å². The third-order valence-corrected chi connectivity index (χ3v) is 4.19. The number of anilines is 1. The molecule has 0 aliphatic carbocycles. The number of nitro benzene ring substituents is 2. The summed E-state index contributed by atoms with van der Waals surface area (Å²) in [6.07, 6.45) is 1.21. The van der Waals surface area contributed by atoms with Crippen LogP contribution in [0, 0.1) is 27.2 Å². The van der Waals surface area contributed by atoms with E-state index in [-0.39, 0.29) is 11.3 Å². The van der Waals surface area contributed by atoms with Crippen LogP contribution in [0.2, 0.25) is 5.02 Å². The van der Waals surface area contributed by atoms with Crippen molar-refractivity contribution in [3.63, 3.8) is 0 Å². The van der Waals surface area contributed by atoms with Gasteiger partial charge in [-0.25, -0.2) is 4.68 Å². The number of nitrogens with zero attached hydrogens (tertiary/aromatic N) is 4. The topological polar surface area (TPSA) is 148 Å². The smallest absolute Gasteiger partial charge is 0.295 e. The Kier molecular flexibility index (Phi) is 5.41. The predicted octanol–water partition coefficient (Wildman–Crippen LogP) is 3.39. The number of rotatable bonds is 6. The van der Waals surface area contributed by atoms with E-state index >= 15 is 0 Å². The molecule has 0 amide bonds. The van der Waals surface area contributed by atoms with Crippen molar-refractivity contribution >= 4 is 34.9 Å². The second-order valence-corrected chi connectivity index (χ2v) is 6.29. The van der Waals surface area contributed by atoms with Crippen LogP contribution in [0.5, 0.6) is 0 Å². The number of nitrogens with one attached hydrogen (secondary N) is 2. The number of halogens is 1. The van der Waals surface area contributed by atoms with E-state index in [9.17, 15) is 25.0 Å². The molecule has 0 atom stereocenters. The Morgan fingerprint density at radius 2 is 1.93 bits per heavy atom. The molecule has 2 aromatic carbocycles. The van der Waals surface area contributed by atoms with Gasteiger partial charge in [0.1, 0.15) is 5.69 Å². The fraction of sp³-hybridized carbons (Fsp3) is 0.0588. The Balaban J connectivity index is 1.89. The zero-order valence-corrected chi connectivity index (χ0v) is 15.6. The van der Waals surface area contributed by atoms with E-state index in [1.54, 1.807) is 31.2 Å². The lowest BCUT2D eigenvalue weighted by Crippen LogP contribution is -2.17. The van der Waals surface area contributed by atoms with Crippen molar-refractivity contribution in [1.29, 1.82) is 0 Å².